The number of rotatable bonds is 3. The van der Waals surface area contributed by atoms with Crippen molar-refractivity contribution in [2.45, 2.75) is 20.8 Å². The lowest BCUT2D eigenvalue weighted by Crippen LogP contribution is -1.97. The van der Waals surface area contributed by atoms with Crippen LogP contribution in [0.3, 0.4) is 0 Å². The first kappa shape index (κ1) is 12.4. The van der Waals surface area contributed by atoms with Gasteiger partial charge in [-0.05, 0) is 56.2 Å². The number of ketones is 1. The second kappa shape index (κ2) is 5.05. The molecule has 2 aromatic carbocycles. The van der Waals surface area contributed by atoms with E-state index >= 15 is 0 Å². The van der Waals surface area contributed by atoms with Gasteiger partial charge < -0.3 is 5.32 Å². The molecule has 0 atom stereocenters. The zero-order valence-electron chi connectivity index (χ0n) is 10.9. The molecule has 0 spiro atoms. The van der Waals surface area contributed by atoms with Gasteiger partial charge in [-0.25, -0.2) is 0 Å². The van der Waals surface area contributed by atoms with Crippen LogP contribution in [0, 0.1) is 13.8 Å². The molecule has 0 amide bonds. The van der Waals surface area contributed by atoms with E-state index in [1.54, 1.807) is 6.92 Å². The van der Waals surface area contributed by atoms with Gasteiger partial charge in [0, 0.05) is 16.9 Å². The molecule has 2 rings (SSSR count). The second-order valence-electron chi connectivity index (χ2n) is 4.53. The number of hydrogen-bond acceptors (Lipinski definition) is 2. The lowest BCUT2D eigenvalue weighted by Gasteiger charge is -2.12. The Hall–Kier alpha value is -2.09. The summed E-state index contributed by atoms with van der Waals surface area (Å²) in [5.41, 5.74) is 5.30. The van der Waals surface area contributed by atoms with Crippen molar-refractivity contribution in [3.8, 4) is 0 Å². The average molecular weight is 239 g/mol. The quantitative estimate of drug-likeness (QED) is 0.811. The van der Waals surface area contributed by atoms with Gasteiger partial charge in [-0.2, -0.15) is 0 Å². The van der Waals surface area contributed by atoms with Crippen molar-refractivity contribution in [2.24, 2.45) is 0 Å². The van der Waals surface area contributed by atoms with Gasteiger partial charge >= 0.3 is 0 Å². The molecule has 0 radical (unpaired) electrons. The third-order valence-electron chi connectivity index (χ3n) is 3.04. The van der Waals surface area contributed by atoms with Gasteiger partial charge in [0.1, 0.15) is 0 Å². The minimum atomic E-state index is 0.0913. The standard InChI is InChI=1S/C16H17NO/c1-11-5-4-6-12(2)16(11)17-15-9-7-14(8-10-15)13(3)18/h4-10,17H,1-3H3. The summed E-state index contributed by atoms with van der Waals surface area (Å²) in [6.07, 6.45) is 0. The molecule has 2 nitrogen and oxygen atoms in total. The van der Waals surface area contributed by atoms with Crippen LogP contribution >= 0.6 is 0 Å². The summed E-state index contributed by atoms with van der Waals surface area (Å²) < 4.78 is 0. The van der Waals surface area contributed by atoms with Gasteiger partial charge in [0.15, 0.2) is 5.78 Å². The summed E-state index contributed by atoms with van der Waals surface area (Å²) in [6, 6.07) is 13.8. The summed E-state index contributed by atoms with van der Waals surface area (Å²) in [4.78, 5) is 11.2. The molecule has 1 N–H and O–H groups in total. The van der Waals surface area contributed by atoms with Crippen LogP contribution in [0.1, 0.15) is 28.4 Å². The van der Waals surface area contributed by atoms with E-state index < -0.39 is 0 Å². The number of benzene rings is 2. The van der Waals surface area contributed by atoms with E-state index in [1.807, 2.05) is 24.3 Å². The van der Waals surface area contributed by atoms with E-state index in [-0.39, 0.29) is 5.78 Å². The fourth-order valence-electron chi connectivity index (χ4n) is 1.94. The minimum absolute atomic E-state index is 0.0913. The predicted octanol–water partition coefficient (Wildman–Crippen LogP) is 4.25. The molecule has 0 aliphatic carbocycles. The molecule has 0 aliphatic heterocycles. The number of hydrogen-bond donors (Lipinski definition) is 1. The zero-order chi connectivity index (χ0) is 13.1. The number of para-hydroxylation sites is 1. The molecule has 0 fully saturated rings. The average Bonchev–Trinajstić information content (AvgIpc) is 2.34. The van der Waals surface area contributed by atoms with E-state index in [9.17, 15) is 4.79 Å². The van der Waals surface area contributed by atoms with E-state index in [0.717, 1.165) is 16.9 Å². The molecular formula is C16H17NO. The number of carbonyl (C=O) groups excluding carboxylic acids is 1. The Morgan fingerprint density at radius 1 is 0.944 bits per heavy atom. The van der Waals surface area contributed by atoms with Crippen LogP contribution in [0.25, 0.3) is 0 Å². The Morgan fingerprint density at radius 3 is 2.00 bits per heavy atom. The van der Waals surface area contributed by atoms with Gasteiger partial charge in [0.2, 0.25) is 0 Å². The first-order valence-electron chi connectivity index (χ1n) is 6.02. The van der Waals surface area contributed by atoms with Crippen LogP contribution in [-0.4, -0.2) is 5.78 Å². The third kappa shape index (κ3) is 2.59. The van der Waals surface area contributed by atoms with Crippen molar-refractivity contribution in [1.82, 2.24) is 0 Å². The lowest BCUT2D eigenvalue weighted by atomic mass is 10.1. The third-order valence-corrected chi connectivity index (χ3v) is 3.04. The maximum absolute atomic E-state index is 11.2. The van der Waals surface area contributed by atoms with Crippen LogP contribution in [0.2, 0.25) is 0 Å². The highest BCUT2D eigenvalue weighted by Gasteiger charge is 2.03. The summed E-state index contributed by atoms with van der Waals surface area (Å²) in [6.45, 7) is 5.74. The van der Waals surface area contributed by atoms with Gasteiger partial charge in [0.05, 0.1) is 0 Å². The van der Waals surface area contributed by atoms with Gasteiger partial charge in [0.25, 0.3) is 0 Å². The monoisotopic (exact) mass is 239 g/mol. The minimum Gasteiger partial charge on any atom is -0.355 e. The first-order chi connectivity index (χ1) is 8.58. The molecule has 92 valence electrons. The van der Waals surface area contributed by atoms with Crippen molar-refractivity contribution in [2.75, 3.05) is 5.32 Å². The van der Waals surface area contributed by atoms with Crippen LogP contribution in [0.4, 0.5) is 11.4 Å². The second-order valence-corrected chi connectivity index (χ2v) is 4.53. The molecule has 2 aromatic rings. The molecule has 0 heterocycles. The van der Waals surface area contributed by atoms with Crippen molar-refractivity contribution in [3.63, 3.8) is 0 Å². The zero-order valence-corrected chi connectivity index (χ0v) is 10.9. The van der Waals surface area contributed by atoms with E-state index in [2.05, 4.69) is 37.4 Å². The molecule has 0 bridgehead atoms. The highest BCUT2D eigenvalue weighted by Crippen LogP contribution is 2.24. The number of anilines is 2. The smallest absolute Gasteiger partial charge is 0.159 e. The lowest BCUT2D eigenvalue weighted by molar-refractivity contribution is 0.101. The van der Waals surface area contributed by atoms with Gasteiger partial charge in [-0.1, -0.05) is 18.2 Å². The summed E-state index contributed by atoms with van der Waals surface area (Å²) in [5.74, 6) is 0.0913. The van der Waals surface area contributed by atoms with Gasteiger partial charge in [-0.3, -0.25) is 4.79 Å². The maximum atomic E-state index is 11.2. The molecule has 0 saturated heterocycles. The SMILES string of the molecule is CC(=O)c1ccc(Nc2c(C)cccc2C)cc1. The van der Waals surface area contributed by atoms with Crippen LogP contribution in [-0.2, 0) is 0 Å². The Morgan fingerprint density at radius 2 is 1.50 bits per heavy atom. The predicted molar refractivity (Wildman–Crippen MR) is 75.6 cm³/mol. The van der Waals surface area contributed by atoms with Crippen LogP contribution in [0.5, 0.6) is 0 Å². The number of Topliss-reactive ketones (excluding diaryl/α,β-unsaturated/α-hetero) is 1. The summed E-state index contributed by atoms with van der Waals surface area (Å²) in [7, 11) is 0. The molecule has 0 aromatic heterocycles. The van der Waals surface area contributed by atoms with Crippen molar-refractivity contribution in [1.29, 1.82) is 0 Å². The van der Waals surface area contributed by atoms with Crippen molar-refractivity contribution >= 4 is 17.2 Å². The Labute approximate surface area is 108 Å². The molecule has 18 heavy (non-hydrogen) atoms. The topological polar surface area (TPSA) is 29.1 Å². The van der Waals surface area contributed by atoms with Crippen molar-refractivity contribution < 1.29 is 4.79 Å². The molecular weight excluding hydrogens is 222 g/mol. The number of nitrogens with one attached hydrogen (secondary N) is 1. The molecule has 0 unspecified atom stereocenters. The molecule has 0 aliphatic rings. The van der Waals surface area contributed by atoms with Crippen LogP contribution in [0.15, 0.2) is 42.5 Å². The van der Waals surface area contributed by atoms with Crippen LogP contribution < -0.4 is 5.32 Å². The molecule has 2 heteroatoms. The van der Waals surface area contributed by atoms with Gasteiger partial charge in [-0.15, -0.1) is 0 Å². The summed E-state index contributed by atoms with van der Waals surface area (Å²) >= 11 is 0. The normalized spacial score (nSPS) is 10.2. The summed E-state index contributed by atoms with van der Waals surface area (Å²) in [5, 5.41) is 3.40. The first-order valence-corrected chi connectivity index (χ1v) is 6.02. The Kier molecular flexibility index (Phi) is 3.47. The number of carbonyl (C=O) groups is 1. The van der Waals surface area contributed by atoms with E-state index in [0.29, 0.717) is 0 Å². The number of aryl methyl sites for hydroxylation is 2. The highest BCUT2D eigenvalue weighted by molar-refractivity contribution is 5.94. The fourth-order valence-corrected chi connectivity index (χ4v) is 1.94. The largest absolute Gasteiger partial charge is 0.355 e. The van der Waals surface area contributed by atoms with E-state index in [1.165, 1.54) is 11.1 Å². The maximum Gasteiger partial charge on any atom is 0.159 e. The van der Waals surface area contributed by atoms with E-state index in [4.69, 9.17) is 0 Å². The Balaban J connectivity index is 2.26. The Bertz CT molecular complexity index is 550. The van der Waals surface area contributed by atoms with Crippen molar-refractivity contribution in [3.05, 3.63) is 59.2 Å². The molecule has 0 saturated carbocycles. The fraction of sp³-hybridized carbons (Fsp3) is 0.188. The highest BCUT2D eigenvalue weighted by atomic mass is 16.1.